The number of rotatable bonds is 9. The first-order valence-electron chi connectivity index (χ1n) is 9.27. The van der Waals surface area contributed by atoms with E-state index < -0.39 is 12.0 Å². The van der Waals surface area contributed by atoms with Gasteiger partial charge in [0.05, 0.1) is 5.75 Å². The summed E-state index contributed by atoms with van der Waals surface area (Å²) < 4.78 is 0.632. The Bertz CT molecular complexity index is 1020. The number of carbonyl (C=O) groups excluding carboxylic acids is 1. The molecule has 7 nitrogen and oxygen atoms in total. The molecule has 0 radical (unpaired) electrons. The highest BCUT2D eigenvalue weighted by Gasteiger charge is 2.20. The average Bonchev–Trinajstić information content (AvgIpc) is 3.16. The summed E-state index contributed by atoms with van der Waals surface area (Å²) in [5.41, 5.74) is 4.10. The van der Waals surface area contributed by atoms with Crippen molar-refractivity contribution in [2.45, 2.75) is 30.6 Å². The predicted octanol–water partition coefficient (Wildman–Crippen LogP) is 3.80. The minimum atomic E-state index is -1.06. The van der Waals surface area contributed by atoms with Crippen LogP contribution in [0.5, 0.6) is 0 Å². The standard InChI is InChI=1S/C21H22N4O3S2/c1-13-8-9-16(14(2)10-13)23-20-24-25-21(30-20)29-12-18(26)22-17(19(27)28)11-15-6-4-3-5-7-15/h3-10,17H,11-12H2,1-2H3,(H,22,26)(H,23,24)(H,27,28)/t17-/m0/s1. The van der Waals surface area contributed by atoms with Gasteiger partial charge in [0.15, 0.2) is 4.34 Å². The van der Waals surface area contributed by atoms with E-state index in [-0.39, 0.29) is 18.1 Å². The van der Waals surface area contributed by atoms with Gasteiger partial charge in [-0.2, -0.15) is 0 Å². The van der Waals surface area contributed by atoms with Gasteiger partial charge in [-0.1, -0.05) is 71.1 Å². The Morgan fingerprint density at radius 3 is 2.60 bits per heavy atom. The lowest BCUT2D eigenvalue weighted by atomic mass is 10.1. The van der Waals surface area contributed by atoms with Gasteiger partial charge in [0, 0.05) is 12.1 Å². The first kappa shape index (κ1) is 21.8. The number of nitrogens with one attached hydrogen (secondary N) is 2. The van der Waals surface area contributed by atoms with Crippen molar-refractivity contribution in [1.82, 2.24) is 15.5 Å². The van der Waals surface area contributed by atoms with Gasteiger partial charge in [0.2, 0.25) is 11.0 Å². The Labute approximate surface area is 182 Å². The number of anilines is 2. The Hall–Kier alpha value is -2.91. The summed E-state index contributed by atoms with van der Waals surface area (Å²) in [5, 5.41) is 24.0. The minimum absolute atomic E-state index is 0.0662. The van der Waals surface area contributed by atoms with E-state index >= 15 is 0 Å². The van der Waals surface area contributed by atoms with Crippen LogP contribution in [0.2, 0.25) is 0 Å². The van der Waals surface area contributed by atoms with Crippen LogP contribution < -0.4 is 10.6 Å². The molecule has 1 heterocycles. The summed E-state index contributed by atoms with van der Waals surface area (Å²) in [4.78, 5) is 23.7. The molecule has 1 atom stereocenters. The third-order valence-corrected chi connectivity index (χ3v) is 6.24. The molecule has 0 aliphatic heterocycles. The molecule has 3 N–H and O–H groups in total. The van der Waals surface area contributed by atoms with Gasteiger partial charge in [-0.25, -0.2) is 4.79 Å². The fourth-order valence-corrected chi connectivity index (χ4v) is 4.38. The molecule has 2 aromatic carbocycles. The monoisotopic (exact) mass is 442 g/mol. The highest BCUT2D eigenvalue weighted by atomic mass is 32.2. The summed E-state index contributed by atoms with van der Waals surface area (Å²) in [6, 6.07) is 14.3. The van der Waals surface area contributed by atoms with Crippen LogP contribution in [-0.4, -0.2) is 39.0 Å². The molecule has 0 aliphatic rings. The molecule has 9 heteroatoms. The van der Waals surface area contributed by atoms with Crippen LogP contribution in [0.25, 0.3) is 0 Å². The van der Waals surface area contributed by atoms with Crippen LogP contribution >= 0.6 is 23.1 Å². The Balaban J connectivity index is 1.52. The van der Waals surface area contributed by atoms with E-state index in [9.17, 15) is 14.7 Å². The zero-order chi connectivity index (χ0) is 21.5. The Kier molecular flexibility index (Phi) is 7.42. The van der Waals surface area contributed by atoms with Gasteiger partial charge in [-0.05, 0) is 31.0 Å². The molecule has 0 bridgehead atoms. The van der Waals surface area contributed by atoms with Crippen LogP contribution in [0.1, 0.15) is 16.7 Å². The number of carboxylic acid groups (broad SMARTS) is 1. The van der Waals surface area contributed by atoms with Crippen molar-refractivity contribution in [2.24, 2.45) is 0 Å². The van der Waals surface area contributed by atoms with E-state index in [1.807, 2.05) is 56.3 Å². The smallest absolute Gasteiger partial charge is 0.326 e. The number of aliphatic carboxylic acids is 1. The second-order valence-electron chi connectivity index (χ2n) is 6.75. The summed E-state index contributed by atoms with van der Waals surface area (Å²) in [5.74, 6) is -1.35. The summed E-state index contributed by atoms with van der Waals surface area (Å²) in [6.07, 6.45) is 0.232. The number of hydrogen-bond acceptors (Lipinski definition) is 7. The van der Waals surface area contributed by atoms with Crippen molar-refractivity contribution < 1.29 is 14.7 Å². The van der Waals surface area contributed by atoms with Crippen LogP contribution in [0.4, 0.5) is 10.8 Å². The van der Waals surface area contributed by atoms with Crippen LogP contribution in [0.15, 0.2) is 52.9 Å². The number of carbonyl (C=O) groups is 2. The van der Waals surface area contributed by atoms with Gasteiger partial charge >= 0.3 is 5.97 Å². The molecule has 0 fully saturated rings. The molecule has 0 saturated carbocycles. The molecule has 30 heavy (non-hydrogen) atoms. The van der Waals surface area contributed by atoms with E-state index in [0.717, 1.165) is 16.8 Å². The zero-order valence-electron chi connectivity index (χ0n) is 16.6. The number of benzene rings is 2. The number of carboxylic acids is 1. The summed E-state index contributed by atoms with van der Waals surface area (Å²) in [6.45, 7) is 4.06. The van der Waals surface area contributed by atoms with Crippen molar-refractivity contribution in [3.63, 3.8) is 0 Å². The van der Waals surface area contributed by atoms with Gasteiger partial charge in [-0.15, -0.1) is 10.2 Å². The van der Waals surface area contributed by atoms with Crippen LogP contribution in [-0.2, 0) is 16.0 Å². The van der Waals surface area contributed by atoms with Gasteiger partial charge in [-0.3, -0.25) is 4.79 Å². The van der Waals surface area contributed by atoms with E-state index in [2.05, 4.69) is 26.9 Å². The molecule has 0 unspecified atom stereocenters. The minimum Gasteiger partial charge on any atom is -0.480 e. The van der Waals surface area contributed by atoms with Crippen molar-refractivity contribution in [3.8, 4) is 0 Å². The molecule has 156 valence electrons. The molecule has 1 amide bonds. The lowest BCUT2D eigenvalue weighted by Gasteiger charge is -2.14. The van der Waals surface area contributed by atoms with Crippen molar-refractivity contribution in [2.75, 3.05) is 11.1 Å². The zero-order valence-corrected chi connectivity index (χ0v) is 18.2. The number of amides is 1. The summed E-state index contributed by atoms with van der Waals surface area (Å²) in [7, 11) is 0. The fourth-order valence-electron chi connectivity index (χ4n) is 2.80. The topological polar surface area (TPSA) is 104 Å². The van der Waals surface area contributed by atoms with E-state index in [0.29, 0.717) is 9.47 Å². The molecule has 0 saturated heterocycles. The maximum absolute atomic E-state index is 12.2. The van der Waals surface area contributed by atoms with Crippen molar-refractivity contribution in [3.05, 3.63) is 65.2 Å². The van der Waals surface area contributed by atoms with Gasteiger partial charge in [0.25, 0.3) is 0 Å². The van der Waals surface area contributed by atoms with Gasteiger partial charge < -0.3 is 15.7 Å². The highest BCUT2D eigenvalue weighted by molar-refractivity contribution is 8.01. The van der Waals surface area contributed by atoms with Gasteiger partial charge in [0.1, 0.15) is 6.04 Å². The van der Waals surface area contributed by atoms with Crippen LogP contribution in [0.3, 0.4) is 0 Å². The Morgan fingerprint density at radius 1 is 1.13 bits per heavy atom. The quantitative estimate of drug-likeness (QED) is 0.433. The van der Waals surface area contributed by atoms with E-state index in [4.69, 9.17) is 0 Å². The number of nitrogens with zero attached hydrogens (tertiary/aromatic N) is 2. The molecule has 3 aromatic rings. The normalized spacial score (nSPS) is 11.7. The van der Waals surface area contributed by atoms with E-state index in [1.54, 1.807) is 0 Å². The maximum Gasteiger partial charge on any atom is 0.326 e. The molecular formula is C21H22N4O3S2. The Morgan fingerprint density at radius 2 is 1.90 bits per heavy atom. The lowest BCUT2D eigenvalue weighted by Crippen LogP contribution is -2.43. The second kappa shape index (κ2) is 10.2. The van der Waals surface area contributed by atoms with E-state index in [1.165, 1.54) is 28.7 Å². The first-order chi connectivity index (χ1) is 14.4. The number of hydrogen-bond donors (Lipinski definition) is 3. The largest absolute Gasteiger partial charge is 0.480 e. The molecule has 3 rings (SSSR count). The number of thioether (sulfide) groups is 1. The summed E-state index contributed by atoms with van der Waals surface area (Å²) >= 11 is 2.57. The highest BCUT2D eigenvalue weighted by Crippen LogP contribution is 2.28. The number of aryl methyl sites for hydroxylation is 2. The third kappa shape index (κ3) is 6.30. The lowest BCUT2D eigenvalue weighted by molar-refractivity contribution is -0.141. The molecular weight excluding hydrogens is 420 g/mol. The number of aromatic nitrogens is 2. The molecule has 0 aliphatic carbocycles. The molecule has 0 spiro atoms. The average molecular weight is 443 g/mol. The molecule has 1 aromatic heterocycles. The van der Waals surface area contributed by atoms with Crippen molar-refractivity contribution >= 4 is 45.8 Å². The SMILES string of the molecule is Cc1ccc(Nc2nnc(SCC(=O)N[C@@H](Cc3ccccc3)C(=O)O)s2)c(C)c1. The maximum atomic E-state index is 12.2. The van der Waals surface area contributed by atoms with Crippen LogP contribution in [0, 0.1) is 13.8 Å². The first-order valence-corrected chi connectivity index (χ1v) is 11.1. The predicted molar refractivity (Wildman–Crippen MR) is 120 cm³/mol. The third-order valence-electron chi connectivity index (χ3n) is 4.27. The second-order valence-corrected chi connectivity index (χ2v) is 8.95. The fraction of sp³-hybridized carbons (Fsp3) is 0.238. The van der Waals surface area contributed by atoms with Crippen molar-refractivity contribution in [1.29, 1.82) is 0 Å².